The third kappa shape index (κ3) is 2.06. The summed E-state index contributed by atoms with van der Waals surface area (Å²) in [5.41, 5.74) is 0. The summed E-state index contributed by atoms with van der Waals surface area (Å²) in [5.74, 6) is -0.416. The Morgan fingerprint density at radius 3 is 2.75 bits per heavy atom. The first-order valence-electron chi connectivity index (χ1n) is 3.66. The zero-order valence-corrected chi connectivity index (χ0v) is 7.42. The topological polar surface area (TPSA) is 61.2 Å². The van der Waals surface area contributed by atoms with Gasteiger partial charge in [0.2, 0.25) is 10.0 Å². The number of hydrogen-bond acceptors (Lipinski definition) is 3. The van der Waals surface area contributed by atoms with Crippen molar-refractivity contribution in [2.45, 2.75) is 6.42 Å². The lowest BCUT2D eigenvalue weighted by atomic mass is 10.3. The summed E-state index contributed by atoms with van der Waals surface area (Å²) in [6.45, 7) is 0.907. The van der Waals surface area contributed by atoms with Crippen molar-refractivity contribution in [3.63, 3.8) is 0 Å². The maximum atomic E-state index is 11.3. The highest BCUT2D eigenvalue weighted by atomic mass is 32.2. The second kappa shape index (κ2) is 3.70. The van der Waals surface area contributed by atoms with Crippen molar-refractivity contribution in [3.05, 3.63) is 12.2 Å². The van der Waals surface area contributed by atoms with E-state index in [1.54, 1.807) is 12.1 Å². The third-order valence-corrected chi connectivity index (χ3v) is 3.27. The second-order valence-electron chi connectivity index (χ2n) is 2.53. The van der Waals surface area contributed by atoms with Crippen LogP contribution in [0.5, 0.6) is 0 Å². The molecule has 1 rings (SSSR count). The molecule has 66 valence electrons. The highest BCUT2D eigenvalue weighted by Gasteiger charge is 2.20. The average molecular weight is 186 g/mol. The van der Waals surface area contributed by atoms with E-state index in [1.807, 2.05) is 6.08 Å². The first-order chi connectivity index (χ1) is 5.67. The van der Waals surface area contributed by atoms with Gasteiger partial charge in [0.25, 0.3) is 0 Å². The Kier molecular flexibility index (Phi) is 2.84. The molecule has 5 heteroatoms. The molecule has 0 saturated carbocycles. The Labute approximate surface area is 72.1 Å². The Hall–Kier alpha value is -0.860. The van der Waals surface area contributed by atoms with E-state index in [2.05, 4.69) is 0 Å². The van der Waals surface area contributed by atoms with Gasteiger partial charge in [-0.3, -0.25) is 0 Å². The van der Waals surface area contributed by atoms with E-state index in [0.717, 1.165) is 6.42 Å². The third-order valence-electron chi connectivity index (χ3n) is 1.66. The molecular weight excluding hydrogens is 176 g/mol. The molecule has 1 aliphatic rings. The van der Waals surface area contributed by atoms with Crippen molar-refractivity contribution in [3.8, 4) is 6.07 Å². The predicted octanol–water partition coefficient (Wildman–Crippen LogP) is 0.102. The summed E-state index contributed by atoms with van der Waals surface area (Å²) in [5, 5.41) is 8.26. The molecule has 0 N–H and O–H groups in total. The first-order valence-corrected chi connectivity index (χ1v) is 5.27. The number of nitrogens with zero attached hydrogens (tertiary/aromatic N) is 2. The van der Waals surface area contributed by atoms with Crippen LogP contribution in [0, 0.1) is 11.3 Å². The van der Waals surface area contributed by atoms with Gasteiger partial charge in [-0.05, 0) is 6.42 Å². The van der Waals surface area contributed by atoms with Gasteiger partial charge in [0, 0.05) is 13.1 Å². The molecule has 4 nitrogen and oxygen atoms in total. The van der Waals surface area contributed by atoms with Gasteiger partial charge < -0.3 is 0 Å². The SMILES string of the molecule is N#CCS(=O)(=O)N1CC=CCC1. The second-order valence-corrected chi connectivity index (χ2v) is 4.50. The smallest absolute Gasteiger partial charge is 0.211 e. The Morgan fingerprint density at radius 2 is 2.25 bits per heavy atom. The van der Waals surface area contributed by atoms with Crippen LogP contribution in [0.15, 0.2) is 12.2 Å². The monoisotopic (exact) mass is 186 g/mol. The summed E-state index contributed by atoms with van der Waals surface area (Å²) in [7, 11) is -3.31. The maximum absolute atomic E-state index is 11.3. The van der Waals surface area contributed by atoms with Crippen LogP contribution in [0.25, 0.3) is 0 Å². The summed E-state index contributed by atoms with van der Waals surface area (Å²) in [4.78, 5) is 0. The molecule has 0 fully saturated rings. The van der Waals surface area contributed by atoms with E-state index in [9.17, 15) is 8.42 Å². The molecule has 0 aromatic rings. The van der Waals surface area contributed by atoms with Gasteiger partial charge in [0.05, 0.1) is 6.07 Å². The van der Waals surface area contributed by atoms with Crippen LogP contribution in [-0.4, -0.2) is 31.6 Å². The van der Waals surface area contributed by atoms with Crippen LogP contribution >= 0.6 is 0 Å². The van der Waals surface area contributed by atoms with Crippen LogP contribution in [0.2, 0.25) is 0 Å². The quantitative estimate of drug-likeness (QED) is 0.575. The summed E-state index contributed by atoms with van der Waals surface area (Å²) < 4.78 is 23.8. The standard InChI is InChI=1S/C7H10N2O2S/c8-4-7-12(10,11)9-5-2-1-3-6-9/h1-2H,3,5-7H2. The molecule has 0 atom stereocenters. The minimum Gasteiger partial charge on any atom is -0.211 e. The molecule has 12 heavy (non-hydrogen) atoms. The minimum absolute atomic E-state index is 0.407. The highest BCUT2D eigenvalue weighted by Crippen LogP contribution is 2.07. The number of hydrogen-bond donors (Lipinski definition) is 0. The number of sulfonamides is 1. The van der Waals surface area contributed by atoms with E-state index < -0.39 is 15.8 Å². The number of rotatable bonds is 2. The van der Waals surface area contributed by atoms with E-state index in [4.69, 9.17) is 5.26 Å². The van der Waals surface area contributed by atoms with Gasteiger partial charge in [-0.15, -0.1) is 0 Å². The highest BCUT2D eigenvalue weighted by molar-refractivity contribution is 7.89. The fourth-order valence-corrected chi connectivity index (χ4v) is 2.09. The lowest BCUT2D eigenvalue weighted by Gasteiger charge is -2.20. The molecule has 0 unspecified atom stereocenters. The lowest BCUT2D eigenvalue weighted by molar-refractivity contribution is 0.440. The number of nitriles is 1. The van der Waals surface area contributed by atoms with Crippen molar-refractivity contribution in [1.29, 1.82) is 5.26 Å². The normalized spacial score (nSPS) is 18.9. The van der Waals surface area contributed by atoms with Gasteiger partial charge >= 0.3 is 0 Å². The average Bonchev–Trinajstić information content (AvgIpc) is 2.06. The largest absolute Gasteiger partial charge is 0.227 e. The van der Waals surface area contributed by atoms with Gasteiger partial charge in [0.15, 0.2) is 5.75 Å². The van der Waals surface area contributed by atoms with Crippen molar-refractivity contribution < 1.29 is 8.42 Å². The van der Waals surface area contributed by atoms with Crippen LogP contribution in [-0.2, 0) is 10.0 Å². The van der Waals surface area contributed by atoms with Crippen LogP contribution < -0.4 is 0 Å². The molecular formula is C7H10N2O2S. The van der Waals surface area contributed by atoms with E-state index in [0.29, 0.717) is 13.1 Å². The molecule has 1 heterocycles. The zero-order valence-electron chi connectivity index (χ0n) is 6.60. The van der Waals surface area contributed by atoms with E-state index >= 15 is 0 Å². The van der Waals surface area contributed by atoms with Crippen molar-refractivity contribution >= 4 is 10.0 Å². The lowest BCUT2D eigenvalue weighted by Crippen LogP contribution is -2.35. The van der Waals surface area contributed by atoms with Gasteiger partial charge in [-0.2, -0.15) is 9.57 Å². The minimum atomic E-state index is -3.31. The zero-order chi connectivity index (χ0) is 9.03. The van der Waals surface area contributed by atoms with Crippen molar-refractivity contribution in [2.24, 2.45) is 0 Å². The maximum Gasteiger partial charge on any atom is 0.227 e. The first kappa shape index (κ1) is 9.23. The Bertz CT molecular complexity index is 313. The molecule has 0 aliphatic carbocycles. The van der Waals surface area contributed by atoms with Gasteiger partial charge in [0.1, 0.15) is 0 Å². The van der Waals surface area contributed by atoms with Crippen molar-refractivity contribution in [1.82, 2.24) is 4.31 Å². The molecule has 0 bridgehead atoms. The Morgan fingerprint density at radius 1 is 1.50 bits per heavy atom. The molecule has 0 spiro atoms. The van der Waals surface area contributed by atoms with E-state index in [-0.39, 0.29) is 0 Å². The van der Waals surface area contributed by atoms with Crippen LogP contribution in [0.4, 0.5) is 0 Å². The van der Waals surface area contributed by atoms with E-state index in [1.165, 1.54) is 4.31 Å². The molecule has 0 radical (unpaired) electrons. The van der Waals surface area contributed by atoms with Gasteiger partial charge in [-0.25, -0.2) is 8.42 Å². The summed E-state index contributed by atoms with van der Waals surface area (Å²) >= 11 is 0. The molecule has 0 saturated heterocycles. The fourth-order valence-electron chi connectivity index (χ4n) is 1.05. The van der Waals surface area contributed by atoms with Crippen LogP contribution in [0.3, 0.4) is 0 Å². The van der Waals surface area contributed by atoms with Crippen molar-refractivity contribution in [2.75, 3.05) is 18.8 Å². The fraction of sp³-hybridized carbons (Fsp3) is 0.571. The predicted molar refractivity (Wildman–Crippen MR) is 44.7 cm³/mol. The Balaban J connectivity index is 2.70. The summed E-state index contributed by atoms with van der Waals surface area (Å²) in [6.07, 6.45) is 4.49. The molecule has 1 aliphatic heterocycles. The van der Waals surface area contributed by atoms with Crippen LogP contribution in [0.1, 0.15) is 6.42 Å². The van der Waals surface area contributed by atoms with Gasteiger partial charge in [-0.1, -0.05) is 12.2 Å². The summed E-state index contributed by atoms with van der Waals surface area (Å²) in [6, 6.07) is 1.65. The molecule has 0 amide bonds. The molecule has 0 aromatic carbocycles. The molecule has 0 aromatic heterocycles.